The van der Waals surface area contributed by atoms with Gasteiger partial charge in [-0.3, -0.25) is 4.68 Å². The molecule has 3 aromatic rings. The van der Waals surface area contributed by atoms with Gasteiger partial charge in [0.15, 0.2) is 0 Å². The van der Waals surface area contributed by atoms with Crippen LogP contribution in [0.2, 0.25) is 5.02 Å². The smallest absolute Gasteiger partial charge is 0.119 e. The van der Waals surface area contributed by atoms with E-state index in [2.05, 4.69) is 34.9 Å². The van der Waals surface area contributed by atoms with Crippen LogP contribution >= 0.6 is 11.6 Å². The Morgan fingerprint density at radius 3 is 2.76 bits per heavy atom. The maximum Gasteiger partial charge on any atom is 0.119 e. The van der Waals surface area contributed by atoms with E-state index in [4.69, 9.17) is 16.3 Å². The van der Waals surface area contributed by atoms with Crippen LogP contribution in [-0.2, 0) is 20.0 Å². The summed E-state index contributed by atoms with van der Waals surface area (Å²) >= 11 is 6.43. The number of halogens is 1. The summed E-state index contributed by atoms with van der Waals surface area (Å²) in [4.78, 5) is 0. The van der Waals surface area contributed by atoms with Crippen LogP contribution in [0.3, 0.4) is 0 Å². The van der Waals surface area contributed by atoms with Crippen LogP contribution in [0.5, 0.6) is 5.75 Å². The SMILES string of the molecule is CCc1nn(C)c(Cn2ccc3cc(OC)ccc32)c1Cl. The minimum atomic E-state index is 0.707. The molecule has 0 saturated carbocycles. The molecule has 0 atom stereocenters. The number of aromatic nitrogens is 3. The molecule has 0 unspecified atom stereocenters. The highest BCUT2D eigenvalue weighted by Crippen LogP contribution is 2.25. The summed E-state index contributed by atoms with van der Waals surface area (Å²) in [5.41, 5.74) is 3.14. The Kier molecular flexibility index (Phi) is 3.64. The van der Waals surface area contributed by atoms with E-state index in [1.165, 1.54) is 0 Å². The topological polar surface area (TPSA) is 32.0 Å². The average molecular weight is 304 g/mol. The summed E-state index contributed by atoms with van der Waals surface area (Å²) in [6.45, 7) is 2.77. The maximum atomic E-state index is 6.43. The lowest BCUT2D eigenvalue weighted by Crippen LogP contribution is -2.05. The summed E-state index contributed by atoms with van der Waals surface area (Å²) in [6, 6.07) is 8.16. The Balaban J connectivity index is 2.01. The molecular formula is C16H18ClN3O. The van der Waals surface area contributed by atoms with Crippen LogP contribution in [0.25, 0.3) is 10.9 Å². The van der Waals surface area contributed by atoms with Crippen LogP contribution in [0.15, 0.2) is 30.5 Å². The Labute approximate surface area is 128 Å². The van der Waals surface area contributed by atoms with Crippen molar-refractivity contribution in [1.29, 1.82) is 0 Å². The molecule has 2 heterocycles. The Morgan fingerprint density at radius 1 is 1.29 bits per heavy atom. The molecule has 0 aliphatic carbocycles. The number of aryl methyl sites for hydroxylation is 2. The molecule has 2 aromatic heterocycles. The monoisotopic (exact) mass is 303 g/mol. The number of nitrogens with zero attached hydrogens (tertiary/aromatic N) is 3. The number of rotatable bonds is 4. The zero-order valence-electron chi connectivity index (χ0n) is 12.4. The summed E-state index contributed by atoms with van der Waals surface area (Å²) in [5, 5.41) is 6.40. The van der Waals surface area contributed by atoms with Crippen LogP contribution in [0.1, 0.15) is 18.3 Å². The summed E-state index contributed by atoms with van der Waals surface area (Å²) in [7, 11) is 3.62. The first-order chi connectivity index (χ1) is 10.1. The van der Waals surface area contributed by atoms with Crippen LogP contribution in [-0.4, -0.2) is 21.5 Å². The number of fused-ring (bicyclic) bond motifs is 1. The predicted molar refractivity (Wildman–Crippen MR) is 85.2 cm³/mol. The number of benzene rings is 1. The van der Waals surface area contributed by atoms with Crippen LogP contribution in [0, 0.1) is 0 Å². The summed E-state index contributed by atoms with van der Waals surface area (Å²) in [5.74, 6) is 0.868. The van der Waals surface area contributed by atoms with Gasteiger partial charge in [0.25, 0.3) is 0 Å². The molecule has 0 aliphatic heterocycles. The number of methoxy groups -OCH3 is 1. The predicted octanol–water partition coefficient (Wildman–Crippen LogP) is 3.65. The van der Waals surface area contributed by atoms with E-state index >= 15 is 0 Å². The van der Waals surface area contributed by atoms with Crippen molar-refractivity contribution in [3.05, 3.63) is 46.9 Å². The van der Waals surface area contributed by atoms with Crippen LogP contribution in [0.4, 0.5) is 0 Å². The van der Waals surface area contributed by atoms with Crippen molar-refractivity contribution in [3.63, 3.8) is 0 Å². The standard InChI is InChI=1S/C16H18ClN3O/c1-4-13-16(17)15(19(2)18-13)10-20-8-7-11-9-12(21-3)5-6-14(11)20/h5-9H,4,10H2,1-3H3. The van der Waals surface area contributed by atoms with Gasteiger partial charge in [0, 0.05) is 24.1 Å². The molecule has 110 valence electrons. The molecule has 0 amide bonds. The van der Waals surface area contributed by atoms with E-state index in [1.807, 2.05) is 23.9 Å². The van der Waals surface area contributed by atoms with Gasteiger partial charge in [-0.25, -0.2) is 0 Å². The van der Waals surface area contributed by atoms with Crippen molar-refractivity contribution in [3.8, 4) is 5.75 Å². The second-order valence-corrected chi connectivity index (χ2v) is 5.43. The molecule has 3 rings (SSSR count). The fourth-order valence-electron chi connectivity index (χ4n) is 2.60. The zero-order valence-corrected chi connectivity index (χ0v) is 13.2. The number of hydrogen-bond donors (Lipinski definition) is 0. The molecule has 0 fully saturated rings. The molecule has 0 saturated heterocycles. The molecule has 0 aliphatic rings. The lowest BCUT2D eigenvalue weighted by Gasteiger charge is -2.07. The molecule has 4 nitrogen and oxygen atoms in total. The van der Waals surface area contributed by atoms with Gasteiger partial charge in [0.05, 0.1) is 30.1 Å². The molecule has 0 bridgehead atoms. The molecule has 21 heavy (non-hydrogen) atoms. The van der Waals surface area contributed by atoms with Crippen molar-refractivity contribution < 1.29 is 4.74 Å². The van der Waals surface area contributed by atoms with E-state index in [9.17, 15) is 0 Å². The second kappa shape index (κ2) is 5.45. The first kappa shape index (κ1) is 14.0. The third kappa shape index (κ3) is 2.40. The molecule has 1 aromatic carbocycles. The van der Waals surface area contributed by atoms with E-state index in [1.54, 1.807) is 7.11 Å². The van der Waals surface area contributed by atoms with Gasteiger partial charge in [-0.1, -0.05) is 18.5 Å². The van der Waals surface area contributed by atoms with Gasteiger partial charge < -0.3 is 9.30 Å². The Bertz CT molecular complexity index is 788. The highest BCUT2D eigenvalue weighted by Gasteiger charge is 2.14. The average Bonchev–Trinajstić information content (AvgIpc) is 3.02. The van der Waals surface area contributed by atoms with E-state index < -0.39 is 0 Å². The summed E-state index contributed by atoms with van der Waals surface area (Å²) in [6.07, 6.45) is 2.91. The van der Waals surface area contributed by atoms with Crippen molar-refractivity contribution in [2.45, 2.75) is 19.9 Å². The van der Waals surface area contributed by atoms with Crippen LogP contribution < -0.4 is 4.74 Å². The van der Waals surface area contributed by atoms with Gasteiger partial charge in [-0.2, -0.15) is 5.10 Å². The van der Waals surface area contributed by atoms with E-state index in [0.717, 1.165) is 39.5 Å². The second-order valence-electron chi connectivity index (χ2n) is 5.05. The highest BCUT2D eigenvalue weighted by atomic mass is 35.5. The minimum Gasteiger partial charge on any atom is -0.497 e. The van der Waals surface area contributed by atoms with E-state index in [0.29, 0.717) is 6.54 Å². The maximum absolute atomic E-state index is 6.43. The zero-order chi connectivity index (χ0) is 15.0. The third-order valence-corrected chi connectivity index (χ3v) is 4.24. The highest BCUT2D eigenvalue weighted by molar-refractivity contribution is 6.31. The van der Waals surface area contributed by atoms with Gasteiger partial charge in [-0.05, 0) is 30.7 Å². The third-order valence-electron chi connectivity index (χ3n) is 3.80. The van der Waals surface area contributed by atoms with Crippen molar-refractivity contribution in [1.82, 2.24) is 14.3 Å². The molecule has 0 radical (unpaired) electrons. The first-order valence-corrected chi connectivity index (χ1v) is 7.35. The largest absolute Gasteiger partial charge is 0.497 e. The summed E-state index contributed by atoms with van der Waals surface area (Å²) < 4.78 is 9.31. The minimum absolute atomic E-state index is 0.707. The van der Waals surface area contributed by atoms with Crippen molar-refractivity contribution >= 4 is 22.5 Å². The lowest BCUT2D eigenvalue weighted by molar-refractivity contribution is 0.415. The lowest BCUT2D eigenvalue weighted by atomic mass is 10.2. The van der Waals surface area contributed by atoms with Gasteiger partial charge >= 0.3 is 0 Å². The Morgan fingerprint density at radius 2 is 2.10 bits per heavy atom. The fourth-order valence-corrected chi connectivity index (χ4v) is 2.95. The number of ether oxygens (including phenoxy) is 1. The molecule has 5 heteroatoms. The Hall–Kier alpha value is -1.94. The number of hydrogen-bond acceptors (Lipinski definition) is 2. The van der Waals surface area contributed by atoms with Gasteiger partial charge in [0.2, 0.25) is 0 Å². The fraction of sp³-hybridized carbons (Fsp3) is 0.312. The quantitative estimate of drug-likeness (QED) is 0.737. The van der Waals surface area contributed by atoms with Gasteiger partial charge in [-0.15, -0.1) is 0 Å². The first-order valence-electron chi connectivity index (χ1n) is 6.97. The molecular weight excluding hydrogens is 286 g/mol. The molecule has 0 spiro atoms. The van der Waals surface area contributed by atoms with Crippen molar-refractivity contribution in [2.75, 3.05) is 7.11 Å². The van der Waals surface area contributed by atoms with E-state index in [-0.39, 0.29) is 0 Å². The normalized spacial score (nSPS) is 11.2. The van der Waals surface area contributed by atoms with Gasteiger partial charge in [0.1, 0.15) is 5.75 Å². The molecule has 0 N–H and O–H groups in total. The van der Waals surface area contributed by atoms with Crippen molar-refractivity contribution in [2.24, 2.45) is 7.05 Å².